The molecule has 1 aromatic heterocycles. The molecule has 11 heteroatoms. The number of carbonyl (C=O) groups is 4. The van der Waals surface area contributed by atoms with Gasteiger partial charge < -0.3 is 36.9 Å². The molecule has 0 aliphatic heterocycles. The summed E-state index contributed by atoms with van der Waals surface area (Å²) in [6.45, 7) is 4.77. The average Bonchev–Trinajstić information content (AvgIpc) is 3.30. The maximum atomic E-state index is 13.5. The highest BCUT2D eigenvalue weighted by molar-refractivity contribution is 5.95. The summed E-state index contributed by atoms with van der Waals surface area (Å²) in [5.74, 6) is -3.29. The number of aliphatic carboxylic acids is 1. The number of phenols is 1. The highest BCUT2D eigenvalue weighted by Gasteiger charge is 2.31. The molecule has 0 aliphatic rings. The summed E-state index contributed by atoms with van der Waals surface area (Å²) in [4.78, 5) is 53.7. The van der Waals surface area contributed by atoms with Crippen LogP contribution in [0.4, 0.5) is 0 Å². The summed E-state index contributed by atoms with van der Waals surface area (Å²) in [6.07, 6.45) is 2.05. The van der Waals surface area contributed by atoms with E-state index in [9.17, 15) is 24.3 Å². The number of carboxylic acid groups (broad SMARTS) is 1. The van der Waals surface area contributed by atoms with Gasteiger partial charge >= 0.3 is 5.97 Å². The lowest BCUT2D eigenvalue weighted by atomic mass is 9.99. The Bertz CT molecular complexity index is 1320. The minimum atomic E-state index is -1.20. The summed E-state index contributed by atoms with van der Waals surface area (Å²) < 4.78 is 0. The topological polar surface area (TPSA) is 187 Å². The molecule has 39 heavy (non-hydrogen) atoms. The number of phenolic OH excluding ortho intramolecular Hbond substituents is 1. The molecule has 4 atom stereocenters. The lowest BCUT2D eigenvalue weighted by Crippen LogP contribution is -2.58. The molecule has 1 heterocycles. The third-order valence-corrected chi connectivity index (χ3v) is 6.44. The molecular weight excluding hydrogens is 502 g/mol. The summed E-state index contributed by atoms with van der Waals surface area (Å²) in [7, 11) is 0. The number of amides is 3. The number of para-hydroxylation sites is 1. The first kappa shape index (κ1) is 29.2. The molecule has 2 aromatic carbocycles. The Labute approximate surface area is 226 Å². The van der Waals surface area contributed by atoms with Gasteiger partial charge in [-0.15, -0.1) is 0 Å². The van der Waals surface area contributed by atoms with E-state index in [-0.39, 0.29) is 24.5 Å². The maximum Gasteiger partial charge on any atom is 0.325 e. The molecule has 208 valence electrons. The Morgan fingerprint density at radius 2 is 1.54 bits per heavy atom. The van der Waals surface area contributed by atoms with Crippen LogP contribution in [0, 0.1) is 5.92 Å². The van der Waals surface area contributed by atoms with Gasteiger partial charge in [-0.2, -0.15) is 0 Å². The van der Waals surface area contributed by atoms with Crippen LogP contribution in [0.2, 0.25) is 0 Å². The molecule has 0 bridgehead atoms. The first-order chi connectivity index (χ1) is 18.5. The van der Waals surface area contributed by atoms with E-state index >= 15 is 0 Å². The van der Waals surface area contributed by atoms with Crippen molar-refractivity contribution in [1.29, 1.82) is 0 Å². The van der Waals surface area contributed by atoms with Crippen LogP contribution in [0.5, 0.6) is 5.75 Å². The number of carboxylic acids is 1. The number of aromatic amines is 1. The van der Waals surface area contributed by atoms with E-state index in [1.54, 1.807) is 32.2 Å². The van der Waals surface area contributed by atoms with Crippen LogP contribution >= 0.6 is 0 Å². The Balaban J connectivity index is 1.81. The number of aromatic nitrogens is 1. The van der Waals surface area contributed by atoms with Gasteiger partial charge in [0, 0.05) is 23.5 Å². The number of nitrogens with two attached hydrogens (primary N) is 1. The zero-order valence-electron chi connectivity index (χ0n) is 22.1. The third-order valence-electron chi connectivity index (χ3n) is 6.44. The predicted molar refractivity (Wildman–Crippen MR) is 146 cm³/mol. The van der Waals surface area contributed by atoms with Crippen LogP contribution in [-0.4, -0.2) is 63.1 Å². The van der Waals surface area contributed by atoms with Crippen molar-refractivity contribution in [2.24, 2.45) is 11.7 Å². The fourth-order valence-electron chi connectivity index (χ4n) is 4.14. The number of H-pyrrole nitrogens is 1. The molecule has 3 aromatic rings. The average molecular weight is 538 g/mol. The second kappa shape index (κ2) is 12.9. The Morgan fingerprint density at radius 1 is 0.872 bits per heavy atom. The maximum absolute atomic E-state index is 13.5. The number of fused-ring (bicyclic) bond motifs is 1. The number of carbonyl (C=O) groups excluding carboxylic acids is 3. The molecule has 3 amide bonds. The Hall–Kier alpha value is -4.38. The minimum Gasteiger partial charge on any atom is -0.508 e. The molecule has 0 saturated carbocycles. The Kier molecular flexibility index (Phi) is 9.67. The van der Waals surface area contributed by atoms with Gasteiger partial charge in [-0.25, -0.2) is 0 Å². The van der Waals surface area contributed by atoms with Crippen molar-refractivity contribution in [3.05, 3.63) is 65.9 Å². The molecule has 0 radical (unpaired) electrons. The smallest absolute Gasteiger partial charge is 0.325 e. The van der Waals surface area contributed by atoms with E-state index in [0.29, 0.717) is 0 Å². The van der Waals surface area contributed by atoms with Gasteiger partial charge in [-0.1, -0.05) is 44.2 Å². The van der Waals surface area contributed by atoms with Gasteiger partial charge in [0.2, 0.25) is 17.7 Å². The third kappa shape index (κ3) is 7.81. The van der Waals surface area contributed by atoms with Crippen LogP contribution in [0.15, 0.2) is 54.7 Å². The van der Waals surface area contributed by atoms with E-state index in [4.69, 9.17) is 10.8 Å². The summed E-state index contributed by atoms with van der Waals surface area (Å²) >= 11 is 0. The van der Waals surface area contributed by atoms with Crippen molar-refractivity contribution in [3.8, 4) is 5.75 Å². The molecule has 0 spiro atoms. The van der Waals surface area contributed by atoms with Crippen molar-refractivity contribution in [1.82, 2.24) is 20.9 Å². The van der Waals surface area contributed by atoms with Crippen molar-refractivity contribution in [2.45, 2.75) is 57.8 Å². The van der Waals surface area contributed by atoms with Crippen molar-refractivity contribution in [3.63, 3.8) is 0 Å². The second-order valence-electron chi connectivity index (χ2n) is 9.90. The number of benzene rings is 2. The van der Waals surface area contributed by atoms with Crippen LogP contribution in [0.3, 0.4) is 0 Å². The first-order valence-corrected chi connectivity index (χ1v) is 12.7. The molecule has 4 unspecified atom stereocenters. The lowest BCUT2D eigenvalue weighted by Gasteiger charge is -2.26. The molecule has 8 N–H and O–H groups in total. The van der Waals surface area contributed by atoms with Gasteiger partial charge in [0.25, 0.3) is 0 Å². The van der Waals surface area contributed by atoms with E-state index in [1.165, 1.54) is 19.1 Å². The molecule has 0 saturated heterocycles. The van der Waals surface area contributed by atoms with Crippen LogP contribution in [0.25, 0.3) is 10.9 Å². The number of rotatable bonds is 12. The highest BCUT2D eigenvalue weighted by Crippen LogP contribution is 2.20. The largest absolute Gasteiger partial charge is 0.508 e. The van der Waals surface area contributed by atoms with E-state index in [2.05, 4.69) is 20.9 Å². The zero-order valence-corrected chi connectivity index (χ0v) is 22.1. The zero-order chi connectivity index (χ0) is 28.7. The van der Waals surface area contributed by atoms with Gasteiger partial charge in [0.1, 0.15) is 23.9 Å². The van der Waals surface area contributed by atoms with Crippen molar-refractivity contribution in [2.75, 3.05) is 0 Å². The van der Waals surface area contributed by atoms with Gasteiger partial charge in [0.15, 0.2) is 0 Å². The van der Waals surface area contributed by atoms with Crippen molar-refractivity contribution < 1.29 is 29.4 Å². The fraction of sp³-hybridized carbons (Fsp3) is 0.357. The lowest BCUT2D eigenvalue weighted by molar-refractivity contribution is -0.142. The van der Waals surface area contributed by atoms with Crippen LogP contribution in [-0.2, 0) is 32.0 Å². The standard InChI is InChI=1S/C28H35N5O6/c1-15(2)24(27(37)31-16(3)28(38)39)33-26(36)23(13-18-14-30-22-7-5-4-6-20(18)22)32-25(35)21(29)12-17-8-10-19(34)11-9-17/h4-11,14-16,21,23-24,30,34H,12-13,29H2,1-3H3,(H,31,37)(H,32,35)(H,33,36)(H,38,39). The van der Waals surface area contributed by atoms with Gasteiger partial charge in [-0.3, -0.25) is 19.2 Å². The van der Waals surface area contributed by atoms with Crippen molar-refractivity contribution >= 4 is 34.6 Å². The van der Waals surface area contributed by atoms with Crippen LogP contribution in [0.1, 0.15) is 31.9 Å². The number of hydrogen-bond acceptors (Lipinski definition) is 6. The van der Waals surface area contributed by atoms with E-state index in [0.717, 1.165) is 22.0 Å². The normalized spacial score (nSPS) is 14.3. The monoisotopic (exact) mass is 537 g/mol. The summed E-state index contributed by atoms with van der Waals surface area (Å²) in [5.41, 5.74) is 8.53. The van der Waals surface area contributed by atoms with Gasteiger partial charge in [0.05, 0.1) is 6.04 Å². The Morgan fingerprint density at radius 3 is 2.18 bits per heavy atom. The summed E-state index contributed by atoms with van der Waals surface area (Å²) in [5, 5.41) is 27.3. The van der Waals surface area contributed by atoms with E-state index in [1.807, 2.05) is 24.3 Å². The number of nitrogens with one attached hydrogen (secondary N) is 4. The minimum absolute atomic E-state index is 0.0914. The molecule has 0 aliphatic carbocycles. The van der Waals surface area contributed by atoms with Crippen LogP contribution < -0.4 is 21.7 Å². The summed E-state index contributed by atoms with van der Waals surface area (Å²) in [6, 6.07) is 9.60. The molecular formula is C28H35N5O6. The molecule has 0 fully saturated rings. The molecule has 3 rings (SSSR count). The fourth-order valence-corrected chi connectivity index (χ4v) is 4.14. The predicted octanol–water partition coefficient (Wildman–Crippen LogP) is 1.20. The highest BCUT2D eigenvalue weighted by atomic mass is 16.4. The number of hydrogen-bond donors (Lipinski definition) is 7. The SMILES string of the molecule is CC(NC(=O)C(NC(=O)C(Cc1c[nH]c2ccccc12)NC(=O)C(N)Cc1ccc(O)cc1)C(C)C)C(=O)O. The van der Waals surface area contributed by atoms with E-state index < -0.39 is 47.9 Å². The second-order valence-corrected chi connectivity index (χ2v) is 9.90. The molecule has 11 nitrogen and oxygen atoms in total. The quantitative estimate of drug-likeness (QED) is 0.181. The first-order valence-electron chi connectivity index (χ1n) is 12.7. The van der Waals surface area contributed by atoms with Gasteiger partial charge in [-0.05, 0) is 48.6 Å². The number of aromatic hydroxyl groups is 1.